The Morgan fingerprint density at radius 1 is 1.26 bits per heavy atom. The fourth-order valence-electron chi connectivity index (χ4n) is 2.19. The molecule has 0 spiro atoms. The Morgan fingerprint density at radius 2 is 1.84 bits per heavy atom. The second kappa shape index (κ2) is 8.04. The van der Waals surface area contributed by atoms with E-state index in [0.29, 0.717) is 6.42 Å². The largest absolute Gasteiger partial charge is 0.359 e. The number of unbranched alkanes of at least 4 members (excludes halogenated alkanes) is 2. The second-order valence-electron chi connectivity index (χ2n) is 5.24. The Kier molecular flexibility index (Phi) is 7.07. The predicted octanol–water partition coefficient (Wildman–Crippen LogP) is 1.95. The molecule has 0 aromatic carbocycles. The molecule has 1 saturated heterocycles. The van der Waals surface area contributed by atoms with Gasteiger partial charge in [-0.1, -0.05) is 26.7 Å². The molecule has 0 aromatic rings. The summed E-state index contributed by atoms with van der Waals surface area (Å²) >= 11 is 5.43. The highest BCUT2D eigenvalue weighted by Crippen LogP contribution is 2.12. The molecule has 0 bridgehead atoms. The summed E-state index contributed by atoms with van der Waals surface area (Å²) in [6.45, 7) is 6.25. The molecule has 0 saturated carbocycles. The Balaban J connectivity index is 2.46. The highest BCUT2D eigenvalue weighted by atomic mass is 32.2. The molecule has 4 nitrogen and oxygen atoms in total. The van der Waals surface area contributed by atoms with Gasteiger partial charge in [0.25, 0.3) is 0 Å². The van der Waals surface area contributed by atoms with Gasteiger partial charge in [0.05, 0.1) is 11.5 Å². The number of rotatable bonds is 7. The van der Waals surface area contributed by atoms with E-state index in [4.69, 9.17) is 12.2 Å². The molecule has 0 amide bonds. The van der Waals surface area contributed by atoms with E-state index in [1.807, 2.05) is 0 Å². The minimum atomic E-state index is -2.84. The summed E-state index contributed by atoms with van der Waals surface area (Å²) < 4.78 is 22.9. The minimum absolute atomic E-state index is 0.00301. The number of sulfone groups is 1. The van der Waals surface area contributed by atoms with Gasteiger partial charge >= 0.3 is 0 Å². The number of hydrogen-bond donors (Lipinski definition) is 1. The van der Waals surface area contributed by atoms with Gasteiger partial charge in [0.15, 0.2) is 14.9 Å². The molecule has 1 unspecified atom stereocenters. The van der Waals surface area contributed by atoms with Gasteiger partial charge in [-0.25, -0.2) is 8.42 Å². The van der Waals surface area contributed by atoms with E-state index < -0.39 is 9.84 Å². The normalized spacial score (nSPS) is 21.3. The maximum Gasteiger partial charge on any atom is 0.169 e. The van der Waals surface area contributed by atoms with Gasteiger partial charge in [-0.3, -0.25) is 0 Å². The van der Waals surface area contributed by atoms with E-state index >= 15 is 0 Å². The van der Waals surface area contributed by atoms with Crippen LogP contribution in [0.4, 0.5) is 0 Å². The Labute approximate surface area is 122 Å². The SMILES string of the molecule is CCCCN(CCCC)C(=S)NC1CCS(=O)(=O)C1. The molecule has 1 aliphatic rings. The van der Waals surface area contributed by atoms with Gasteiger partial charge in [0, 0.05) is 19.1 Å². The first kappa shape index (κ1) is 16.7. The lowest BCUT2D eigenvalue weighted by molar-refractivity contribution is 0.387. The van der Waals surface area contributed by atoms with Crippen LogP contribution in [-0.4, -0.2) is 49.1 Å². The van der Waals surface area contributed by atoms with Crippen LogP contribution in [0.25, 0.3) is 0 Å². The maximum absolute atomic E-state index is 11.4. The third-order valence-electron chi connectivity index (χ3n) is 3.41. The first-order valence-electron chi connectivity index (χ1n) is 7.24. The van der Waals surface area contributed by atoms with Crippen LogP contribution in [-0.2, 0) is 9.84 Å². The van der Waals surface area contributed by atoms with Crippen molar-refractivity contribution in [2.24, 2.45) is 0 Å². The van der Waals surface area contributed by atoms with Gasteiger partial charge in [-0.15, -0.1) is 0 Å². The van der Waals surface area contributed by atoms with E-state index in [-0.39, 0.29) is 17.5 Å². The molecule has 1 heterocycles. The average Bonchev–Trinajstić information content (AvgIpc) is 2.68. The van der Waals surface area contributed by atoms with Crippen molar-refractivity contribution in [2.75, 3.05) is 24.6 Å². The fraction of sp³-hybridized carbons (Fsp3) is 0.923. The molecule has 1 rings (SSSR count). The standard InChI is InChI=1S/C13H26N2O2S2/c1-3-5-8-15(9-6-4-2)13(18)14-12-7-10-19(16,17)11-12/h12H,3-11H2,1-2H3,(H,14,18). The lowest BCUT2D eigenvalue weighted by atomic mass is 10.2. The average molecular weight is 306 g/mol. The lowest BCUT2D eigenvalue weighted by Gasteiger charge is -2.27. The van der Waals surface area contributed by atoms with Crippen LogP contribution >= 0.6 is 12.2 Å². The molecule has 1 fully saturated rings. The van der Waals surface area contributed by atoms with Crippen LogP contribution in [0.2, 0.25) is 0 Å². The van der Waals surface area contributed by atoms with E-state index in [2.05, 4.69) is 24.1 Å². The van der Waals surface area contributed by atoms with Crippen molar-refractivity contribution in [3.8, 4) is 0 Å². The summed E-state index contributed by atoms with van der Waals surface area (Å²) in [4.78, 5) is 2.19. The van der Waals surface area contributed by atoms with Crippen molar-refractivity contribution >= 4 is 27.2 Å². The van der Waals surface area contributed by atoms with Crippen molar-refractivity contribution in [2.45, 2.75) is 52.0 Å². The number of nitrogens with zero attached hydrogens (tertiary/aromatic N) is 1. The van der Waals surface area contributed by atoms with Crippen LogP contribution in [0.15, 0.2) is 0 Å². The molecule has 1 atom stereocenters. The van der Waals surface area contributed by atoms with Crippen molar-refractivity contribution < 1.29 is 8.42 Å². The van der Waals surface area contributed by atoms with Gasteiger partial charge < -0.3 is 10.2 Å². The molecule has 6 heteroatoms. The predicted molar refractivity (Wildman–Crippen MR) is 84.2 cm³/mol. The highest BCUT2D eigenvalue weighted by molar-refractivity contribution is 7.91. The van der Waals surface area contributed by atoms with Gasteiger partial charge in [-0.2, -0.15) is 0 Å². The first-order chi connectivity index (χ1) is 8.98. The van der Waals surface area contributed by atoms with Crippen LogP contribution in [0.3, 0.4) is 0 Å². The summed E-state index contributed by atoms with van der Waals surface area (Å²) in [7, 11) is -2.84. The highest BCUT2D eigenvalue weighted by Gasteiger charge is 2.28. The first-order valence-corrected chi connectivity index (χ1v) is 9.47. The Hall–Kier alpha value is -0.360. The summed E-state index contributed by atoms with van der Waals surface area (Å²) in [6, 6.07) is 0.00301. The summed E-state index contributed by atoms with van der Waals surface area (Å²) in [5.74, 6) is 0.514. The molecular weight excluding hydrogens is 280 g/mol. The Morgan fingerprint density at radius 3 is 2.26 bits per heavy atom. The smallest absolute Gasteiger partial charge is 0.169 e. The lowest BCUT2D eigenvalue weighted by Crippen LogP contribution is -2.45. The zero-order valence-electron chi connectivity index (χ0n) is 12.0. The van der Waals surface area contributed by atoms with Crippen molar-refractivity contribution in [3.05, 3.63) is 0 Å². The number of hydrogen-bond acceptors (Lipinski definition) is 3. The van der Waals surface area contributed by atoms with E-state index in [0.717, 1.165) is 43.9 Å². The molecular formula is C13H26N2O2S2. The van der Waals surface area contributed by atoms with E-state index in [1.54, 1.807) is 0 Å². The topological polar surface area (TPSA) is 49.4 Å². The fourth-order valence-corrected chi connectivity index (χ4v) is 4.21. The number of thiocarbonyl (C=S) groups is 1. The third kappa shape index (κ3) is 6.08. The summed E-state index contributed by atoms with van der Waals surface area (Å²) in [5, 5.41) is 3.96. The second-order valence-corrected chi connectivity index (χ2v) is 7.86. The van der Waals surface area contributed by atoms with Crippen molar-refractivity contribution in [1.29, 1.82) is 0 Å². The molecule has 1 N–H and O–H groups in total. The third-order valence-corrected chi connectivity index (χ3v) is 5.55. The van der Waals surface area contributed by atoms with Crippen LogP contribution in [0, 0.1) is 0 Å². The van der Waals surface area contributed by atoms with Gasteiger partial charge in [0.1, 0.15) is 0 Å². The van der Waals surface area contributed by atoms with E-state index in [1.165, 1.54) is 0 Å². The summed E-state index contributed by atoms with van der Waals surface area (Å²) in [5.41, 5.74) is 0. The van der Waals surface area contributed by atoms with Crippen molar-refractivity contribution in [3.63, 3.8) is 0 Å². The zero-order chi connectivity index (χ0) is 14.3. The minimum Gasteiger partial charge on any atom is -0.359 e. The van der Waals surface area contributed by atoms with Crippen LogP contribution in [0.1, 0.15) is 46.0 Å². The molecule has 1 aliphatic heterocycles. The van der Waals surface area contributed by atoms with Crippen LogP contribution in [0.5, 0.6) is 0 Å². The zero-order valence-corrected chi connectivity index (χ0v) is 13.7. The van der Waals surface area contributed by atoms with Crippen molar-refractivity contribution in [1.82, 2.24) is 10.2 Å². The molecule has 0 aromatic heterocycles. The Bertz CT molecular complexity index is 374. The summed E-state index contributed by atoms with van der Waals surface area (Å²) in [6.07, 6.45) is 5.20. The van der Waals surface area contributed by atoms with Crippen LogP contribution < -0.4 is 5.32 Å². The molecule has 19 heavy (non-hydrogen) atoms. The van der Waals surface area contributed by atoms with Gasteiger partial charge in [0.2, 0.25) is 0 Å². The molecule has 0 aliphatic carbocycles. The van der Waals surface area contributed by atoms with Gasteiger partial charge in [-0.05, 0) is 31.5 Å². The molecule has 112 valence electrons. The number of nitrogens with one attached hydrogen (secondary N) is 1. The monoisotopic (exact) mass is 306 g/mol. The molecule has 0 radical (unpaired) electrons. The quantitative estimate of drug-likeness (QED) is 0.729. The maximum atomic E-state index is 11.4. The van der Waals surface area contributed by atoms with E-state index in [9.17, 15) is 8.42 Å².